The van der Waals surface area contributed by atoms with Crippen molar-refractivity contribution >= 4 is 23.2 Å². The van der Waals surface area contributed by atoms with Gasteiger partial charge in [0.2, 0.25) is 0 Å². The first-order valence-corrected chi connectivity index (χ1v) is 12.5. The lowest BCUT2D eigenvalue weighted by molar-refractivity contribution is 0.0990. The van der Waals surface area contributed by atoms with Gasteiger partial charge < -0.3 is 14.8 Å². The monoisotopic (exact) mass is 507 g/mol. The summed E-state index contributed by atoms with van der Waals surface area (Å²) in [5, 5.41) is 2.83. The molecule has 0 atom stereocenters. The molecule has 6 nitrogen and oxygen atoms in total. The number of carbonyl (C=O) groups excluding carboxylic acids is 3. The van der Waals surface area contributed by atoms with E-state index in [2.05, 4.69) is 5.32 Å². The van der Waals surface area contributed by atoms with Gasteiger partial charge in [-0.15, -0.1) is 0 Å². The van der Waals surface area contributed by atoms with Gasteiger partial charge in [-0.05, 0) is 92.2 Å². The summed E-state index contributed by atoms with van der Waals surface area (Å²) in [5.74, 6) is 1.05. The Balaban J connectivity index is 1.34. The highest BCUT2D eigenvalue weighted by Gasteiger charge is 2.12. The number of carbonyl (C=O) groups is 3. The summed E-state index contributed by atoms with van der Waals surface area (Å²) in [4.78, 5) is 38.1. The highest BCUT2D eigenvalue weighted by Crippen LogP contribution is 2.18. The normalized spacial score (nSPS) is 10.5. The van der Waals surface area contributed by atoms with Crippen molar-refractivity contribution in [2.24, 2.45) is 0 Å². The summed E-state index contributed by atoms with van der Waals surface area (Å²) in [6.45, 7) is 4.95. The van der Waals surface area contributed by atoms with Crippen molar-refractivity contribution in [1.82, 2.24) is 0 Å². The molecule has 6 heteroatoms. The minimum atomic E-state index is -0.248. The van der Waals surface area contributed by atoms with Gasteiger partial charge >= 0.3 is 0 Å². The fraction of sp³-hybridized carbons (Fsp3) is 0.156. The summed E-state index contributed by atoms with van der Waals surface area (Å²) in [5.41, 5.74) is 3.56. The molecule has 0 saturated carbocycles. The predicted octanol–water partition coefficient (Wildman–Crippen LogP) is 6.39. The molecule has 0 bridgehead atoms. The number of ketones is 2. The fourth-order valence-electron chi connectivity index (χ4n) is 3.91. The second-order valence-electron chi connectivity index (χ2n) is 8.57. The van der Waals surface area contributed by atoms with Crippen LogP contribution in [0, 0.1) is 0 Å². The first-order valence-electron chi connectivity index (χ1n) is 12.5. The van der Waals surface area contributed by atoms with Crippen molar-refractivity contribution in [1.29, 1.82) is 0 Å². The molecule has 4 aromatic rings. The lowest BCUT2D eigenvalue weighted by Gasteiger charge is -2.08. The zero-order valence-electron chi connectivity index (χ0n) is 21.4. The second-order valence-corrected chi connectivity index (χ2v) is 8.57. The smallest absolute Gasteiger partial charge is 0.255 e. The van der Waals surface area contributed by atoms with Gasteiger partial charge in [-0.25, -0.2) is 0 Å². The minimum Gasteiger partial charge on any atom is -0.494 e. The molecular formula is C32H29NO5. The molecule has 4 rings (SSSR count). The number of hydrogen-bond donors (Lipinski definition) is 1. The Labute approximate surface area is 222 Å². The average Bonchev–Trinajstić information content (AvgIpc) is 2.94. The van der Waals surface area contributed by atoms with Crippen LogP contribution in [0.1, 0.15) is 56.0 Å². The molecule has 0 unspecified atom stereocenters. The molecule has 0 aliphatic carbocycles. The summed E-state index contributed by atoms with van der Waals surface area (Å²) in [6, 6.07) is 27.8. The molecule has 38 heavy (non-hydrogen) atoms. The first-order chi connectivity index (χ1) is 18.5. The number of ether oxygens (including phenoxy) is 2. The molecule has 0 aliphatic rings. The fourth-order valence-corrected chi connectivity index (χ4v) is 3.91. The van der Waals surface area contributed by atoms with Gasteiger partial charge in [-0.1, -0.05) is 24.3 Å². The van der Waals surface area contributed by atoms with Crippen LogP contribution in [0.15, 0.2) is 97.1 Å². The minimum absolute atomic E-state index is 0.00463. The first kappa shape index (κ1) is 26.4. The highest BCUT2D eigenvalue weighted by molar-refractivity contribution is 6.09. The van der Waals surface area contributed by atoms with Crippen LogP contribution in [0.5, 0.6) is 11.5 Å². The number of anilines is 1. The number of benzene rings is 4. The molecule has 0 aromatic heterocycles. The Morgan fingerprint density at radius 2 is 1.03 bits per heavy atom. The third-order valence-electron chi connectivity index (χ3n) is 5.90. The lowest BCUT2D eigenvalue weighted by atomic mass is 9.98. The van der Waals surface area contributed by atoms with E-state index in [0.717, 1.165) is 11.3 Å². The van der Waals surface area contributed by atoms with E-state index in [4.69, 9.17) is 9.47 Å². The van der Waals surface area contributed by atoms with Gasteiger partial charge in [-0.2, -0.15) is 0 Å². The van der Waals surface area contributed by atoms with Gasteiger partial charge in [0.15, 0.2) is 11.6 Å². The van der Waals surface area contributed by atoms with E-state index in [-0.39, 0.29) is 23.9 Å². The number of hydrogen-bond acceptors (Lipinski definition) is 5. The molecule has 1 amide bonds. The van der Waals surface area contributed by atoms with Gasteiger partial charge in [0, 0.05) is 34.4 Å². The zero-order valence-corrected chi connectivity index (χ0v) is 21.4. The van der Waals surface area contributed by atoms with Crippen molar-refractivity contribution in [3.8, 4) is 11.5 Å². The standard InChI is InChI=1S/C32H29NO5/c1-3-37-28-17-11-23(12-18-28)30(34)21-22-5-7-24(8-6-22)31(35)25-9-15-27(16-10-25)33-32(36)26-13-19-29(20-14-26)38-4-2/h5-20H,3-4,21H2,1-2H3,(H,33,36). The molecule has 0 radical (unpaired) electrons. The van der Waals surface area contributed by atoms with E-state index in [1.807, 2.05) is 13.8 Å². The third-order valence-corrected chi connectivity index (χ3v) is 5.90. The van der Waals surface area contributed by atoms with Crippen LogP contribution in [0.2, 0.25) is 0 Å². The van der Waals surface area contributed by atoms with Crippen molar-refractivity contribution < 1.29 is 23.9 Å². The van der Waals surface area contributed by atoms with Gasteiger partial charge in [0.25, 0.3) is 5.91 Å². The van der Waals surface area contributed by atoms with E-state index in [1.54, 1.807) is 97.1 Å². The predicted molar refractivity (Wildman–Crippen MR) is 148 cm³/mol. The van der Waals surface area contributed by atoms with Gasteiger partial charge in [-0.3, -0.25) is 14.4 Å². The summed E-state index contributed by atoms with van der Waals surface area (Å²) < 4.78 is 10.8. The summed E-state index contributed by atoms with van der Waals surface area (Å²) >= 11 is 0. The van der Waals surface area contributed by atoms with E-state index >= 15 is 0 Å². The van der Waals surface area contributed by atoms with Crippen LogP contribution in [0.3, 0.4) is 0 Å². The van der Waals surface area contributed by atoms with Gasteiger partial charge in [0.1, 0.15) is 11.5 Å². The molecule has 0 aliphatic heterocycles. The molecular weight excluding hydrogens is 478 g/mol. The van der Waals surface area contributed by atoms with Crippen molar-refractivity contribution in [2.45, 2.75) is 20.3 Å². The highest BCUT2D eigenvalue weighted by atomic mass is 16.5. The van der Waals surface area contributed by atoms with Crippen LogP contribution < -0.4 is 14.8 Å². The molecule has 0 heterocycles. The number of nitrogens with one attached hydrogen (secondary N) is 1. The van der Waals surface area contributed by atoms with E-state index in [1.165, 1.54) is 0 Å². The van der Waals surface area contributed by atoms with E-state index in [0.29, 0.717) is 46.9 Å². The molecule has 0 spiro atoms. The maximum atomic E-state index is 12.9. The number of amides is 1. The number of Topliss-reactive ketones (excluding diaryl/α,β-unsaturated/α-hetero) is 1. The number of rotatable bonds is 11. The Hall–Kier alpha value is -4.71. The maximum absolute atomic E-state index is 12.9. The molecule has 1 N–H and O–H groups in total. The Morgan fingerprint density at radius 3 is 1.53 bits per heavy atom. The van der Waals surface area contributed by atoms with Gasteiger partial charge in [0.05, 0.1) is 13.2 Å². The largest absolute Gasteiger partial charge is 0.494 e. The van der Waals surface area contributed by atoms with Crippen LogP contribution in [-0.4, -0.2) is 30.7 Å². The topological polar surface area (TPSA) is 81.7 Å². The molecule has 0 fully saturated rings. The molecule has 4 aromatic carbocycles. The van der Waals surface area contributed by atoms with Crippen LogP contribution in [0.4, 0.5) is 5.69 Å². The van der Waals surface area contributed by atoms with Crippen LogP contribution in [-0.2, 0) is 6.42 Å². The van der Waals surface area contributed by atoms with E-state index < -0.39 is 0 Å². The Morgan fingerprint density at radius 1 is 0.579 bits per heavy atom. The SMILES string of the molecule is CCOc1ccc(C(=O)Cc2ccc(C(=O)c3ccc(NC(=O)c4ccc(OCC)cc4)cc3)cc2)cc1. The zero-order chi connectivity index (χ0) is 26.9. The quantitative estimate of drug-likeness (QED) is 0.238. The average molecular weight is 508 g/mol. The van der Waals surface area contributed by atoms with E-state index in [9.17, 15) is 14.4 Å². The van der Waals surface area contributed by atoms with Crippen molar-refractivity contribution in [3.05, 3.63) is 125 Å². The second kappa shape index (κ2) is 12.5. The lowest BCUT2D eigenvalue weighted by Crippen LogP contribution is -2.12. The van der Waals surface area contributed by atoms with Crippen LogP contribution in [0.25, 0.3) is 0 Å². The maximum Gasteiger partial charge on any atom is 0.255 e. The Kier molecular flexibility index (Phi) is 8.67. The summed E-state index contributed by atoms with van der Waals surface area (Å²) in [6.07, 6.45) is 0.241. The molecule has 192 valence electrons. The Bertz CT molecular complexity index is 1280. The van der Waals surface area contributed by atoms with Crippen molar-refractivity contribution in [2.75, 3.05) is 18.5 Å². The third kappa shape index (κ3) is 6.73. The summed E-state index contributed by atoms with van der Waals surface area (Å²) in [7, 11) is 0. The van der Waals surface area contributed by atoms with Crippen LogP contribution >= 0.6 is 0 Å². The van der Waals surface area contributed by atoms with Crippen molar-refractivity contribution in [3.63, 3.8) is 0 Å². The molecule has 0 saturated heterocycles.